The number of aromatic nitrogens is 1. The van der Waals surface area contributed by atoms with Crippen LogP contribution in [0.2, 0.25) is 0 Å². The van der Waals surface area contributed by atoms with Gasteiger partial charge in [-0.05, 0) is 48.9 Å². The maximum absolute atomic E-state index is 13.7. The molecule has 1 unspecified atom stereocenters. The molecule has 2 aliphatic heterocycles. The summed E-state index contributed by atoms with van der Waals surface area (Å²) in [6.07, 6.45) is -1.37. The Labute approximate surface area is 219 Å². The molecule has 10 heteroatoms. The van der Waals surface area contributed by atoms with Gasteiger partial charge in [-0.15, -0.1) is 0 Å². The van der Waals surface area contributed by atoms with Crippen molar-refractivity contribution in [2.45, 2.75) is 25.6 Å². The quantitative estimate of drug-likeness (QED) is 0.430. The molecule has 3 heterocycles. The van der Waals surface area contributed by atoms with Gasteiger partial charge in [0.1, 0.15) is 0 Å². The van der Waals surface area contributed by atoms with E-state index < -0.39 is 23.8 Å². The molecule has 2 aliphatic rings. The molecule has 0 radical (unpaired) electrons. The normalized spacial score (nSPS) is 17.7. The smallest absolute Gasteiger partial charge is 0.416 e. The van der Waals surface area contributed by atoms with Gasteiger partial charge in [-0.3, -0.25) is 9.78 Å². The topological polar surface area (TPSA) is 61.3 Å². The number of pyridine rings is 1. The van der Waals surface area contributed by atoms with E-state index in [1.165, 1.54) is 18.7 Å². The van der Waals surface area contributed by atoms with E-state index in [0.717, 1.165) is 17.8 Å². The van der Waals surface area contributed by atoms with Crippen molar-refractivity contribution in [3.63, 3.8) is 0 Å². The number of anilines is 2. The zero-order valence-electron chi connectivity index (χ0n) is 21.2. The lowest BCUT2D eigenvalue weighted by Gasteiger charge is -2.45. The van der Waals surface area contributed by atoms with Crippen LogP contribution in [0.1, 0.15) is 29.2 Å². The highest BCUT2D eigenvalue weighted by Crippen LogP contribution is 2.42. The van der Waals surface area contributed by atoms with Crippen LogP contribution in [-0.2, 0) is 15.7 Å². The fourth-order valence-corrected chi connectivity index (χ4v) is 4.99. The van der Waals surface area contributed by atoms with Crippen molar-refractivity contribution in [1.29, 1.82) is 0 Å². The van der Waals surface area contributed by atoms with Crippen LogP contribution >= 0.6 is 0 Å². The van der Waals surface area contributed by atoms with E-state index in [1.807, 2.05) is 6.07 Å². The number of guanidine groups is 1. The number of nitrogens with zero attached hydrogens (tertiary/aromatic N) is 5. The van der Waals surface area contributed by atoms with Crippen molar-refractivity contribution in [2.75, 3.05) is 43.1 Å². The minimum atomic E-state index is -4.51. The summed E-state index contributed by atoms with van der Waals surface area (Å²) < 4.78 is 46.0. The predicted octanol–water partition coefficient (Wildman–Crippen LogP) is 5.34. The van der Waals surface area contributed by atoms with Gasteiger partial charge in [0, 0.05) is 49.3 Å². The van der Waals surface area contributed by atoms with Gasteiger partial charge in [-0.25, -0.2) is 4.99 Å². The molecule has 5 rings (SSSR count). The van der Waals surface area contributed by atoms with Crippen molar-refractivity contribution >= 4 is 29.0 Å². The third-order valence-corrected chi connectivity index (χ3v) is 6.91. The fraction of sp³-hybridized carbons (Fsp3) is 0.321. The van der Waals surface area contributed by atoms with E-state index >= 15 is 0 Å². The van der Waals surface area contributed by atoms with Crippen LogP contribution in [0.4, 0.5) is 30.2 Å². The number of carbonyl (C=O) groups excluding carboxylic acids is 1. The summed E-state index contributed by atoms with van der Waals surface area (Å²) in [5.74, 6) is 0.0166. The Hall–Kier alpha value is -4.08. The van der Waals surface area contributed by atoms with E-state index in [-0.39, 0.29) is 6.42 Å². The molecular weight excluding hydrogens is 495 g/mol. The monoisotopic (exact) mass is 523 g/mol. The van der Waals surface area contributed by atoms with E-state index in [4.69, 9.17) is 9.73 Å². The van der Waals surface area contributed by atoms with Crippen LogP contribution in [-0.4, -0.2) is 55.1 Å². The lowest BCUT2D eigenvalue weighted by molar-refractivity contribution is -0.141. The summed E-state index contributed by atoms with van der Waals surface area (Å²) in [5.41, 5.74) is 3.12. The molecule has 0 amide bonds. The number of halogens is 3. The summed E-state index contributed by atoms with van der Waals surface area (Å²) in [6, 6.07) is 14.6. The Bertz CT molecular complexity index is 1350. The maximum Gasteiger partial charge on any atom is 0.416 e. The average molecular weight is 524 g/mol. The number of alkyl halides is 3. The van der Waals surface area contributed by atoms with Crippen LogP contribution < -0.4 is 9.80 Å². The van der Waals surface area contributed by atoms with E-state index in [1.54, 1.807) is 29.4 Å². The molecule has 0 bridgehead atoms. The summed E-state index contributed by atoms with van der Waals surface area (Å²) in [6.45, 7) is 4.67. The minimum Gasteiger partial charge on any atom is -0.469 e. The number of ether oxygens (including phenoxy) is 1. The van der Waals surface area contributed by atoms with Gasteiger partial charge >= 0.3 is 12.1 Å². The molecule has 1 aromatic heterocycles. The number of rotatable bonds is 4. The zero-order valence-corrected chi connectivity index (χ0v) is 21.2. The largest absolute Gasteiger partial charge is 0.469 e. The van der Waals surface area contributed by atoms with Gasteiger partial charge in [0.25, 0.3) is 0 Å². The third kappa shape index (κ3) is 5.16. The van der Waals surface area contributed by atoms with Crippen LogP contribution in [0.5, 0.6) is 0 Å². The van der Waals surface area contributed by atoms with Gasteiger partial charge in [0.15, 0.2) is 0 Å². The number of esters is 1. The highest BCUT2D eigenvalue weighted by atomic mass is 19.4. The number of carbonyl (C=O) groups is 1. The molecule has 2 aromatic carbocycles. The van der Waals surface area contributed by atoms with Gasteiger partial charge in [0.05, 0.1) is 37.0 Å². The highest BCUT2D eigenvalue weighted by molar-refractivity contribution is 6.01. The number of benzene rings is 2. The molecule has 1 atom stereocenters. The van der Waals surface area contributed by atoms with Gasteiger partial charge in [-0.1, -0.05) is 18.2 Å². The molecule has 0 spiro atoms. The zero-order chi connectivity index (χ0) is 26.9. The standard InChI is InChI=1S/C28H28F3N5O2/c1-19-5-3-7-21(15-19)34-11-13-35(14-12-34)27-33-24-18-32-10-9-23(24)25(17-26(37)38-2)36(27)22-8-4-6-20(16-22)28(29,30)31/h3-10,15-16,18,25H,11-14,17H2,1-2H3. The third-order valence-electron chi connectivity index (χ3n) is 6.91. The van der Waals surface area contributed by atoms with Crippen LogP contribution in [0, 0.1) is 6.92 Å². The first-order valence-corrected chi connectivity index (χ1v) is 12.4. The van der Waals surface area contributed by atoms with Crippen LogP contribution in [0.25, 0.3) is 0 Å². The first-order valence-electron chi connectivity index (χ1n) is 12.4. The van der Waals surface area contributed by atoms with Crippen LogP contribution in [0.3, 0.4) is 0 Å². The molecule has 198 valence electrons. The Balaban J connectivity index is 1.54. The van der Waals surface area contributed by atoms with Gasteiger partial charge in [-0.2, -0.15) is 13.2 Å². The highest BCUT2D eigenvalue weighted by Gasteiger charge is 2.38. The number of fused-ring (bicyclic) bond motifs is 1. The lowest BCUT2D eigenvalue weighted by atomic mass is 9.98. The van der Waals surface area contributed by atoms with Crippen molar-refractivity contribution in [1.82, 2.24) is 9.88 Å². The van der Waals surface area contributed by atoms with E-state index in [2.05, 4.69) is 39.9 Å². The van der Waals surface area contributed by atoms with Crippen molar-refractivity contribution in [2.24, 2.45) is 4.99 Å². The summed E-state index contributed by atoms with van der Waals surface area (Å²) in [4.78, 5) is 27.6. The second-order valence-electron chi connectivity index (χ2n) is 9.37. The van der Waals surface area contributed by atoms with Gasteiger partial charge in [0.2, 0.25) is 5.96 Å². The molecular formula is C28H28F3N5O2. The lowest BCUT2D eigenvalue weighted by Crippen LogP contribution is -2.55. The molecule has 0 saturated carbocycles. The second-order valence-corrected chi connectivity index (χ2v) is 9.37. The minimum absolute atomic E-state index is 0.0635. The Morgan fingerprint density at radius 1 is 1.00 bits per heavy atom. The van der Waals surface area contributed by atoms with Crippen molar-refractivity contribution in [3.05, 3.63) is 83.7 Å². The van der Waals surface area contributed by atoms with Gasteiger partial charge < -0.3 is 19.4 Å². The first-order chi connectivity index (χ1) is 18.2. The predicted molar refractivity (Wildman–Crippen MR) is 140 cm³/mol. The number of aliphatic imine (C=N–C) groups is 1. The molecule has 38 heavy (non-hydrogen) atoms. The van der Waals surface area contributed by atoms with Crippen molar-refractivity contribution in [3.8, 4) is 0 Å². The maximum atomic E-state index is 13.7. The molecule has 0 N–H and O–H groups in total. The summed E-state index contributed by atoms with van der Waals surface area (Å²) in [5, 5.41) is 0. The number of hydrogen-bond donors (Lipinski definition) is 0. The average Bonchev–Trinajstić information content (AvgIpc) is 2.92. The molecule has 7 nitrogen and oxygen atoms in total. The Morgan fingerprint density at radius 2 is 1.71 bits per heavy atom. The number of aryl methyl sites for hydroxylation is 1. The first kappa shape index (κ1) is 25.6. The van der Waals surface area contributed by atoms with E-state index in [9.17, 15) is 18.0 Å². The number of methoxy groups -OCH3 is 1. The summed E-state index contributed by atoms with van der Waals surface area (Å²) in [7, 11) is 1.30. The SMILES string of the molecule is COC(=O)CC1c2ccncc2N=C(N2CCN(c3cccc(C)c3)CC2)N1c1cccc(C(F)(F)F)c1. The molecule has 0 aliphatic carbocycles. The van der Waals surface area contributed by atoms with Crippen molar-refractivity contribution < 1.29 is 22.7 Å². The summed E-state index contributed by atoms with van der Waals surface area (Å²) >= 11 is 0. The second kappa shape index (κ2) is 10.4. The Kier molecular flexibility index (Phi) is 6.96. The molecule has 3 aromatic rings. The molecule has 1 saturated heterocycles. The number of hydrogen-bond acceptors (Lipinski definition) is 7. The molecule has 1 fully saturated rings. The Morgan fingerprint density at radius 3 is 2.42 bits per heavy atom. The van der Waals surface area contributed by atoms with Crippen LogP contribution in [0.15, 0.2) is 72.0 Å². The van der Waals surface area contributed by atoms with E-state index in [0.29, 0.717) is 49.1 Å². The fourth-order valence-electron chi connectivity index (χ4n) is 4.99. The number of piperazine rings is 1.